The topological polar surface area (TPSA) is 64.2 Å². The number of aryl methyl sites for hydroxylation is 1. The smallest absolute Gasteiger partial charge is 0.272 e. The van der Waals surface area contributed by atoms with E-state index < -0.39 is 0 Å². The van der Waals surface area contributed by atoms with Crippen LogP contribution in [-0.4, -0.2) is 39.7 Å². The number of hydrogen-bond donors (Lipinski definition) is 1. The zero-order chi connectivity index (χ0) is 13.1. The molecule has 1 aliphatic carbocycles. The molecule has 1 aromatic rings. The second-order valence-corrected chi connectivity index (χ2v) is 4.93. The predicted octanol–water partition coefficient (Wildman–Crippen LogP) is 1.01. The Morgan fingerprint density at radius 2 is 2.39 bits per heavy atom. The highest BCUT2D eigenvalue weighted by atomic mass is 16.2. The molecule has 0 saturated heterocycles. The third kappa shape index (κ3) is 2.27. The maximum Gasteiger partial charge on any atom is 0.272 e. The van der Waals surface area contributed by atoms with Gasteiger partial charge in [-0.2, -0.15) is 5.10 Å². The van der Waals surface area contributed by atoms with E-state index in [1.54, 1.807) is 24.0 Å². The molecule has 2 atom stereocenters. The van der Waals surface area contributed by atoms with Gasteiger partial charge in [0.2, 0.25) is 0 Å². The van der Waals surface area contributed by atoms with Crippen molar-refractivity contribution >= 4 is 5.91 Å². The van der Waals surface area contributed by atoms with Gasteiger partial charge in [-0.3, -0.25) is 9.48 Å². The third-order valence-corrected chi connectivity index (χ3v) is 3.96. The van der Waals surface area contributed by atoms with Crippen LogP contribution >= 0.6 is 0 Å². The number of nitrogens with zero attached hydrogens (tertiary/aromatic N) is 3. The van der Waals surface area contributed by atoms with Crippen molar-refractivity contribution < 1.29 is 4.79 Å². The summed E-state index contributed by atoms with van der Waals surface area (Å²) in [6.07, 6.45) is 5.04. The van der Waals surface area contributed by atoms with Gasteiger partial charge < -0.3 is 10.6 Å². The number of aromatic nitrogens is 2. The van der Waals surface area contributed by atoms with Crippen LogP contribution in [0.3, 0.4) is 0 Å². The fourth-order valence-corrected chi connectivity index (χ4v) is 2.96. The van der Waals surface area contributed by atoms with Gasteiger partial charge in [0.05, 0.1) is 0 Å². The highest BCUT2D eigenvalue weighted by Crippen LogP contribution is 2.30. The van der Waals surface area contributed by atoms with E-state index >= 15 is 0 Å². The van der Waals surface area contributed by atoms with Crippen molar-refractivity contribution in [2.24, 2.45) is 18.7 Å². The largest absolute Gasteiger partial charge is 0.334 e. The second-order valence-electron chi connectivity index (χ2n) is 4.93. The molecule has 1 aromatic heterocycles. The molecule has 0 aliphatic heterocycles. The molecule has 2 rings (SSSR count). The first-order valence-corrected chi connectivity index (χ1v) is 6.68. The number of hydrogen-bond acceptors (Lipinski definition) is 3. The van der Waals surface area contributed by atoms with Gasteiger partial charge in [-0.05, 0) is 38.3 Å². The Morgan fingerprint density at radius 1 is 1.61 bits per heavy atom. The number of carbonyl (C=O) groups excluding carboxylic acids is 1. The average Bonchev–Trinajstić information content (AvgIpc) is 2.98. The van der Waals surface area contributed by atoms with Crippen LogP contribution in [0.15, 0.2) is 12.3 Å². The Balaban J connectivity index is 2.18. The van der Waals surface area contributed by atoms with Crippen LogP contribution in [-0.2, 0) is 7.05 Å². The van der Waals surface area contributed by atoms with Gasteiger partial charge in [0, 0.05) is 25.8 Å². The van der Waals surface area contributed by atoms with Crippen LogP contribution in [0.1, 0.15) is 36.7 Å². The SMILES string of the molecule is CCN(C(=O)c1ccnn1C)C1CCCC1CN. The summed E-state index contributed by atoms with van der Waals surface area (Å²) in [7, 11) is 1.80. The van der Waals surface area contributed by atoms with Gasteiger partial charge in [0.25, 0.3) is 5.91 Å². The number of rotatable bonds is 4. The van der Waals surface area contributed by atoms with Crippen molar-refractivity contribution in [3.05, 3.63) is 18.0 Å². The summed E-state index contributed by atoms with van der Waals surface area (Å²) in [6.45, 7) is 3.42. The quantitative estimate of drug-likeness (QED) is 0.867. The molecule has 18 heavy (non-hydrogen) atoms. The van der Waals surface area contributed by atoms with E-state index in [0.29, 0.717) is 24.2 Å². The first-order chi connectivity index (χ1) is 8.69. The summed E-state index contributed by atoms with van der Waals surface area (Å²) >= 11 is 0. The number of amides is 1. The number of nitrogens with two attached hydrogens (primary N) is 1. The molecule has 1 amide bonds. The van der Waals surface area contributed by atoms with E-state index in [9.17, 15) is 4.79 Å². The Hall–Kier alpha value is -1.36. The summed E-state index contributed by atoms with van der Waals surface area (Å²) in [5.41, 5.74) is 6.46. The summed E-state index contributed by atoms with van der Waals surface area (Å²) in [6, 6.07) is 2.07. The lowest BCUT2D eigenvalue weighted by molar-refractivity contribution is 0.0640. The Bertz CT molecular complexity index is 415. The summed E-state index contributed by atoms with van der Waals surface area (Å²) in [4.78, 5) is 14.5. The molecule has 1 heterocycles. The standard InChI is InChI=1S/C13H22N4O/c1-3-17(11-6-4-5-10(11)9-14)13(18)12-7-8-15-16(12)2/h7-8,10-11H,3-6,9,14H2,1-2H3. The molecule has 0 spiro atoms. The molecule has 0 bridgehead atoms. The van der Waals surface area contributed by atoms with Crippen LogP contribution in [0.25, 0.3) is 0 Å². The van der Waals surface area contributed by atoms with Crippen LogP contribution in [0.5, 0.6) is 0 Å². The molecule has 5 nitrogen and oxygen atoms in total. The molecule has 1 fully saturated rings. The van der Waals surface area contributed by atoms with E-state index in [2.05, 4.69) is 5.10 Å². The van der Waals surface area contributed by atoms with Crippen molar-refractivity contribution in [1.29, 1.82) is 0 Å². The molecule has 1 aliphatic rings. The van der Waals surface area contributed by atoms with Crippen molar-refractivity contribution in [2.75, 3.05) is 13.1 Å². The molecule has 0 aromatic carbocycles. The maximum atomic E-state index is 12.5. The highest BCUT2D eigenvalue weighted by molar-refractivity contribution is 5.92. The van der Waals surface area contributed by atoms with E-state index in [-0.39, 0.29) is 5.91 Å². The molecule has 2 N–H and O–H groups in total. The van der Waals surface area contributed by atoms with Crippen molar-refractivity contribution in [1.82, 2.24) is 14.7 Å². The zero-order valence-electron chi connectivity index (χ0n) is 11.2. The lowest BCUT2D eigenvalue weighted by atomic mass is 10.0. The first kappa shape index (κ1) is 13.1. The Labute approximate surface area is 108 Å². The average molecular weight is 250 g/mol. The van der Waals surface area contributed by atoms with Gasteiger partial charge in [-0.15, -0.1) is 0 Å². The van der Waals surface area contributed by atoms with Crippen LogP contribution in [0, 0.1) is 5.92 Å². The fraction of sp³-hybridized carbons (Fsp3) is 0.692. The first-order valence-electron chi connectivity index (χ1n) is 6.68. The maximum absolute atomic E-state index is 12.5. The van der Waals surface area contributed by atoms with Crippen molar-refractivity contribution in [3.8, 4) is 0 Å². The minimum Gasteiger partial charge on any atom is -0.334 e. The fourth-order valence-electron chi connectivity index (χ4n) is 2.96. The summed E-state index contributed by atoms with van der Waals surface area (Å²) in [5, 5.41) is 4.06. The van der Waals surface area contributed by atoms with Gasteiger partial charge in [-0.25, -0.2) is 0 Å². The molecule has 100 valence electrons. The van der Waals surface area contributed by atoms with E-state index in [4.69, 9.17) is 5.73 Å². The molecule has 5 heteroatoms. The van der Waals surface area contributed by atoms with Crippen molar-refractivity contribution in [3.63, 3.8) is 0 Å². The molecule has 2 unspecified atom stereocenters. The monoisotopic (exact) mass is 250 g/mol. The van der Waals surface area contributed by atoms with E-state index in [1.807, 2.05) is 11.8 Å². The Kier molecular flexibility index (Phi) is 4.01. The van der Waals surface area contributed by atoms with Crippen LogP contribution in [0.4, 0.5) is 0 Å². The minimum absolute atomic E-state index is 0.0721. The minimum atomic E-state index is 0.0721. The van der Waals surface area contributed by atoms with Gasteiger partial charge in [0.15, 0.2) is 0 Å². The molecular weight excluding hydrogens is 228 g/mol. The molecule has 1 saturated carbocycles. The second kappa shape index (κ2) is 5.52. The highest BCUT2D eigenvalue weighted by Gasteiger charge is 2.34. The van der Waals surface area contributed by atoms with Crippen molar-refractivity contribution in [2.45, 2.75) is 32.2 Å². The lowest BCUT2D eigenvalue weighted by Crippen LogP contribution is -2.44. The predicted molar refractivity (Wildman–Crippen MR) is 70.1 cm³/mol. The number of carbonyl (C=O) groups is 1. The summed E-state index contributed by atoms with van der Waals surface area (Å²) in [5.74, 6) is 0.518. The Morgan fingerprint density at radius 3 is 2.94 bits per heavy atom. The summed E-state index contributed by atoms with van der Waals surface area (Å²) < 4.78 is 1.64. The normalized spacial score (nSPS) is 23.3. The zero-order valence-corrected chi connectivity index (χ0v) is 11.2. The van der Waals surface area contributed by atoms with Gasteiger partial charge >= 0.3 is 0 Å². The third-order valence-electron chi connectivity index (χ3n) is 3.96. The molecule has 0 radical (unpaired) electrons. The molecular formula is C13H22N4O. The van der Waals surface area contributed by atoms with Gasteiger partial charge in [0.1, 0.15) is 5.69 Å². The lowest BCUT2D eigenvalue weighted by Gasteiger charge is -2.31. The van der Waals surface area contributed by atoms with Gasteiger partial charge in [-0.1, -0.05) is 6.42 Å². The van der Waals surface area contributed by atoms with E-state index in [0.717, 1.165) is 19.4 Å². The van der Waals surface area contributed by atoms with E-state index in [1.165, 1.54) is 6.42 Å². The van der Waals surface area contributed by atoms with Crippen LogP contribution < -0.4 is 5.73 Å². The van der Waals surface area contributed by atoms with Crippen LogP contribution in [0.2, 0.25) is 0 Å².